The fourth-order valence-electron chi connectivity index (χ4n) is 2.07. The van der Waals surface area contributed by atoms with Crippen molar-refractivity contribution < 1.29 is 14.6 Å². The number of hydrogen-bond donors (Lipinski definition) is 1. The Morgan fingerprint density at radius 1 is 0.875 bits per heavy atom. The standard InChI is InChI=1S/C13H26O3/c14-9-7-5-3-1-2-4-6-8-13-12-15-10-11-16-13/h13-14H,1-12H2. The second kappa shape index (κ2) is 10.1. The van der Waals surface area contributed by atoms with Gasteiger partial charge in [-0.1, -0.05) is 38.5 Å². The van der Waals surface area contributed by atoms with E-state index in [9.17, 15) is 0 Å². The van der Waals surface area contributed by atoms with Gasteiger partial charge in [-0.15, -0.1) is 0 Å². The zero-order chi connectivity index (χ0) is 11.5. The summed E-state index contributed by atoms with van der Waals surface area (Å²) in [6.45, 7) is 2.67. The molecule has 0 aliphatic carbocycles. The zero-order valence-corrected chi connectivity index (χ0v) is 10.3. The smallest absolute Gasteiger partial charge is 0.0809 e. The number of aliphatic hydroxyl groups excluding tert-OH is 1. The van der Waals surface area contributed by atoms with Gasteiger partial charge in [0.2, 0.25) is 0 Å². The van der Waals surface area contributed by atoms with Crippen molar-refractivity contribution in [1.82, 2.24) is 0 Å². The summed E-state index contributed by atoms with van der Waals surface area (Å²) in [7, 11) is 0. The third-order valence-electron chi connectivity index (χ3n) is 3.07. The summed E-state index contributed by atoms with van der Waals surface area (Å²) in [5.41, 5.74) is 0. The highest BCUT2D eigenvalue weighted by Crippen LogP contribution is 2.13. The van der Waals surface area contributed by atoms with E-state index in [1.54, 1.807) is 0 Å². The summed E-state index contributed by atoms with van der Waals surface area (Å²) in [6.07, 6.45) is 10.1. The van der Waals surface area contributed by atoms with Crippen molar-refractivity contribution in [3.8, 4) is 0 Å². The summed E-state index contributed by atoms with van der Waals surface area (Å²) in [6, 6.07) is 0. The minimum atomic E-state index is 0.346. The minimum Gasteiger partial charge on any atom is -0.396 e. The number of rotatable bonds is 9. The lowest BCUT2D eigenvalue weighted by atomic mass is 10.1. The molecule has 1 aliphatic rings. The van der Waals surface area contributed by atoms with Crippen LogP contribution in [0.5, 0.6) is 0 Å². The Morgan fingerprint density at radius 3 is 2.19 bits per heavy atom. The van der Waals surface area contributed by atoms with Crippen molar-refractivity contribution in [2.75, 3.05) is 26.4 Å². The normalized spacial score (nSPS) is 21.2. The summed E-state index contributed by atoms with van der Waals surface area (Å²) >= 11 is 0. The number of unbranched alkanes of at least 4 members (excludes halogenated alkanes) is 6. The fourth-order valence-corrected chi connectivity index (χ4v) is 2.07. The highest BCUT2D eigenvalue weighted by atomic mass is 16.6. The average molecular weight is 230 g/mol. The summed E-state index contributed by atoms with van der Waals surface area (Å²) in [4.78, 5) is 0. The Labute approximate surface area is 99.1 Å². The van der Waals surface area contributed by atoms with Crippen LogP contribution in [0, 0.1) is 0 Å². The molecule has 0 saturated carbocycles. The summed E-state index contributed by atoms with van der Waals surface area (Å²) < 4.78 is 10.9. The molecular formula is C13H26O3. The molecule has 16 heavy (non-hydrogen) atoms. The second-order valence-corrected chi connectivity index (χ2v) is 4.55. The van der Waals surface area contributed by atoms with Crippen LogP contribution in [-0.4, -0.2) is 37.6 Å². The van der Waals surface area contributed by atoms with Crippen LogP contribution in [0.1, 0.15) is 51.4 Å². The highest BCUT2D eigenvalue weighted by Gasteiger charge is 2.12. The van der Waals surface area contributed by atoms with Gasteiger partial charge in [0.15, 0.2) is 0 Å². The molecule has 0 bridgehead atoms. The molecule has 1 unspecified atom stereocenters. The Balaban J connectivity index is 1.77. The average Bonchev–Trinajstić information content (AvgIpc) is 2.34. The van der Waals surface area contributed by atoms with E-state index in [2.05, 4.69) is 0 Å². The first-order valence-electron chi connectivity index (χ1n) is 6.73. The molecular weight excluding hydrogens is 204 g/mol. The molecule has 1 heterocycles. The van der Waals surface area contributed by atoms with Gasteiger partial charge in [-0.2, -0.15) is 0 Å². The third-order valence-corrected chi connectivity index (χ3v) is 3.07. The maximum Gasteiger partial charge on any atom is 0.0809 e. The van der Waals surface area contributed by atoms with Gasteiger partial charge < -0.3 is 14.6 Å². The van der Waals surface area contributed by atoms with Crippen LogP contribution in [-0.2, 0) is 9.47 Å². The largest absolute Gasteiger partial charge is 0.396 e. The van der Waals surface area contributed by atoms with E-state index in [-0.39, 0.29) is 0 Å². The topological polar surface area (TPSA) is 38.7 Å². The lowest BCUT2D eigenvalue weighted by Gasteiger charge is -2.22. The van der Waals surface area contributed by atoms with Crippen LogP contribution in [0.25, 0.3) is 0 Å². The molecule has 1 atom stereocenters. The molecule has 0 spiro atoms. The first-order valence-corrected chi connectivity index (χ1v) is 6.73. The molecule has 0 aromatic rings. The number of aliphatic hydroxyl groups is 1. The Morgan fingerprint density at radius 2 is 1.56 bits per heavy atom. The maximum atomic E-state index is 8.63. The highest BCUT2D eigenvalue weighted by molar-refractivity contribution is 4.61. The molecule has 1 rings (SSSR count). The molecule has 0 aromatic heterocycles. The maximum absolute atomic E-state index is 8.63. The summed E-state index contributed by atoms with van der Waals surface area (Å²) in [5.74, 6) is 0. The van der Waals surface area contributed by atoms with Crippen LogP contribution in [0.3, 0.4) is 0 Å². The molecule has 1 saturated heterocycles. The third kappa shape index (κ3) is 7.20. The molecule has 3 nitrogen and oxygen atoms in total. The molecule has 0 radical (unpaired) electrons. The van der Waals surface area contributed by atoms with Crippen molar-refractivity contribution in [1.29, 1.82) is 0 Å². The van der Waals surface area contributed by atoms with Crippen LogP contribution in [0.15, 0.2) is 0 Å². The van der Waals surface area contributed by atoms with Gasteiger partial charge in [0.05, 0.1) is 25.9 Å². The molecule has 0 aromatic carbocycles. The lowest BCUT2D eigenvalue weighted by molar-refractivity contribution is -0.0912. The quantitative estimate of drug-likeness (QED) is 0.619. The van der Waals surface area contributed by atoms with Crippen LogP contribution in [0.4, 0.5) is 0 Å². The minimum absolute atomic E-state index is 0.346. The van der Waals surface area contributed by atoms with Gasteiger partial charge in [0.25, 0.3) is 0 Å². The first kappa shape index (κ1) is 13.9. The van der Waals surface area contributed by atoms with Gasteiger partial charge in [-0.25, -0.2) is 0 Å². The molecule has 1 fully saturated rings. The predicted octanol–water partition coefficient (Wildman–Crippen LogP) is 2.51. The molecule has 1 aliphatic heterocycles. The molecule has 96 valence electrons. The Hall–Kier alpha value is -0.120. The van der Waals surface area contributed by atoms with Gasteiger partial charge >= 0.3 is 0 Å². The monoisotopic (exact) mass is 230 g/mol. The Bertz CT molecular complexity index is 144. The Kier molecular flexibility index (Phi) is 8.77. The SMILES string of the molecule is OCCCCCCCCCC1COCCO1. The zero-order valence-electron chi connectivity index (χ0n) is 10.3. The van der Waals surface area contributed by atoms with Crippen LogP contribution in [0.2, 0.25) is 0 Å². The van der Waals surface area contributed by atoms with Crippen molar-refractivity contribution in [2.24, 2.45) is 0 Å². The van der Waals surface area contributed by atoms with Gasteiger partial charge in [0.1, 0.15) is 0 Å². The molecule has 3 heteroatoms. The van der Waals surface area contributed by atoms with Crippen LogP contribution >= 0.6 is 0 Å². The number of hydrogen-bond acceptors (Lipinski definition) is 3. The predicted molar refractivity (Wildman–Crippen MR) is 64.6 cm³/mol. The van der Waals surface area contributed by atoms with E-state index in [0.29, 0.717) is 12.7 Å². The molecule has 1 N–H and O–H groups in total. The van der Waals surface area contributed by atoms with Gasteiger partial charge in [-0.05, 0) is 12.8 Å². The number of ether oxygens (including phenoxy) is 2. The van der Waals surface area contributed by atoms with Crippen molar-refractivity contribution in [3.63, 3.8) is 0 Å². The van der Waals surface area contributed by atoms with Gasteiger partial charge in [0, 0.05) is 6.61 Å². The van der Waals surface area contributed by atoms with E-state index < -0.39 is 0 Å². The van der Waals surface area contributed by atoms with E-state index in [0.717, 1.165) is 32.7 Å². The summed E-state index contributed by atoms with van der Waals surface area (Å²) in [5, 5.41) is 8.63. The van der Waals surface area contributed by atoms with Crippen LogP contribution < -0.4 is 0 Å². The van der Waals surface area contributed by atoms with Crippen molar-refractivity contribution in [3.05, 3.63) is 0 Å². The van der Waals surface area contributed by atoms with E-state index in [4.69, 9.17) is 14.6 Å². The fraction of sp³-hybridized carbons (Fsp3) is 1.00. The lowest BCUT2D eigenvalue weighted by Crippen LogP contribution is -2.28. The second-order valence-electron chi connectivity index (χ2n) is 4.55. The van der Waals surface area contributed by atoms with E-state index >= 15 is 0 Å². The van der Waals surface area contributed by atoms with E-state index in [1.807, 2.05) is 0 Å². The van der Waals surface area contributed by atoms with Crippen molar-refractivity contribution in [2.45, 2.75) is 57.5 Å². The van der Waals surface area contributed by atoms with E-state index in [1.165, 1.54) is 38.5 Å². The van der Waals surface area contributed by atoms with Crippen molar-refractivity contribution >= 4 is 0 Å². The first-order chi connectivity index (χ1) is 7.93. The molecule has 0 amide bonds. The van der Waals surface area contributed by atoms with Gasteiger partial charge in [-0.3, -0.25) is 0 Å².